The van der Waals surface area contributed by atoms with E-state index in [0.717, 1.165) is 41.5 Å². The van der Waals surface area contributed by atoms with E-state index in [1.54, 1.807) is 0 Å². The molecule has 1 heterocycles. The third-order valence-corrected chi connectivity index (χ3v) is 6.89. The third kappa shape index (κ3) is 4.93. The van der Waals surface area contributed by atoms with Crippen molar-refractivity contribution in [3.8, 4) is 11.1 Å². The highest BCUT2D eigenvalue weighted by Crippen LogP contribution is 2.44. The van der Waals surface area contributed by atoms with Crippen LogP contribution in [0.15, 0.2) is 48.5 Å². The molecule has 2 N–H and O–H groups in total. The number of carboxylic acids is 1. The van der Waals surface area contributed by atoms with Crippen LogP contribution in [0.3, 0.4) is 0 Å². The van der Waals surface area contributed by atoms with Gasteiger partial charge in [-0.25, -0.2) is 9.59 Å². The molecule has 1 unspecified atom stereocenters. The summed E-state index contributed by atoms with van der Waals surface area (Å²) in [5.74, 6) is -1.66. The lowest BCUT2D eigenvalue weighted by molar-refractivity contribution is -0.154. The van der Waals surface area contributed by atoms with Gasteiger partial charge in [0.25, 0.3) is 0 Å². The Kier molecular flexibility index (Phi) is 7.50. The van der Waals surface area contributed by atoms with Gasteiger partial charge in [-0.2, -0.15) is 0 Å². The summed E-state index contributed by atoms with van der Waals surface area (Å²) in [5.41, 5.74) is 4.60. The predicted molar refractivity (Wildman–Crippen MR) is 128 cm³/mol. The monoisotopic (exact) mass is 464 g/mol. The Balaban J connectivity index is 1.36. The maximum atomic E-state index is 13.1. The maximum Gasteiger partial charge on any atom is 0.407 e. The maximum absolute atomic E-state index is 13.1. The topological polar surface area (TPSA) is 95.9 Å². The van der Waals surface area contributed by atoms with Gasteiger partial charge in [0.2, 0.25) is 5.91 Å². The van der Waals surface area contributed by atoms with E-state index < -0.39 is 24.0 Å². The van der Waals surface area contributed by atoms with Gasteiger partial charge >= 0.3 is 12.1 Å². The average molecular weight is 465 g/mol. The molecule has 180 valence electrons. The number of rotatable bonds is 8. The number of fused-ring (bicyclic) bond motifs is 3. The molecule has 7 nitrogen and oxygen atoms in total. The molecule has 1 aliphatic heterocycles. The molecule has 7 heteroatoms. The lowest BCUT2D eigenvalue weighted by Crippen LogP contribution is -2.51. The minimum Gasteiger partial charge on any atom is -0.480 e. The molecule has 1 saturated heterocycles. The van der Waals surface area contributed by atoms with Crippen LogP contribution in [0.2, 0.25) is 0 Å². The molecule has 0 saturated carbocycles. The van der Waals surface area contributed by atoms with Crippen molar-refractivity contribution >= 4 is 18.0 Å². The summed E-state index contributed by atoms with van der Waals surface area (Å²) in [4.78, 5) is 38.8. The Bertz CT molecular complexity index is 1010. The Morgan fingerprint density at radius 2 is 1.71 bits per heavy atom. The summed E-state index contributed by atoms with van der Waals surface area (Å²) in [5, 5.41) is 12.3. The van der Waals surface area contributed by atoms with Gasteiger partial charge in [-0.05, 0) is 47.9 Å². The number of benzene rings is 2. The molecule has 1 fully saturated rings. The van der Waals surface area contributed by atoms with Crippen molar-refractivity contribution in [2.45, 2.75) is 51.0 Å². The van der Waals surface area contributed by atoms with E-state index in [-0.39, 0.29) is 25.0 Å². The molecule has 0 radical (unpaired) electrons. The number of hydrogen-bond acceptors (Lipinski definition) is 4. The first-order valence-corrected chi connectivity index (χ1v) is 12.1. The van der Waals surface area contributed by atoms with Gasteiger partial charge in [0.05, 0.1) is 5.92 Å². The second-order valence-electron chi connectivity index (χ2n) is 9.07. The largest absolute Gasteiger partial charge is 0.480 e. The van der Waals surface area contributed by atoms with E-state index in [1.165, 1.54) is 4.90 Å². The number of piperidine rings is 1. The number of ether oxygens (including phenoxy) is 1. The number of alkyl carbamates (subject to hydrolysis) is 1. The minimum absolute atomic E-state index is 0.0316. The van der Waals surface area contributed by atoms with Gasteiger partial charge < -0.3 is 20.1 Å². The Hall–Kier alpha value is -3.35. The van der Waals surface area contributed by atoms with E-state index in [1.807, 2.05) is 31.2 Å². The lowest BCUT2D eigenvalue weighted by atomic mass is 9.96. The molecule has 2 aliphatic rings. The standard InChI is InChI=1S/C27H32N2O5/c1-2-9-18(25(30)29-15-8-7-14-24(29)26(31)32)16-28-27(33)34-17-23-21-12-5-3-10-19(21)20-11-4-6-13-22(20)23/h3-6,10-13,18,23-24H,2,7-9,14-17H2,1H3,(H,28,33)(H,31,32)/t18?,24-/m0/s1. The van der Waals surface area contributed by atoms with Gasteiger partial charge in [-0.15, -0.1) is 0 Å². The number of carbonyl (C=O) groups is 3. The number of aliphatic carboxylic acids is 1. The fraction of sp³-hybridized carbons (Fsp3) is 0.444. The van der Waals surface area contributed by atoms with Crippen LogP contribution in [0, 0.1) is 5.92 Å². The highest BCUT2D eigenvalue weighted by molar-refractivity contribution is 5.86. The minimum atomic E-state index is -0.965. The molecular weight excluding hydrogens is 432 g/mol. The van der Waals surface area contributed by atoms with Crippen molar-refractivity contribution in [2.24, 2.45) is 5.92 Å². The Labute approximate surface area is 200 Å². The van der Waals surface area contributed by atoms with E-state index in [9.17, 15) is 19.5 Å². The zero-order valence-electron chi connectivity index (χ0n) is 19.5. The van der Waals surface area contributed by atoms with Crippen molar-refractivity contribution in [3.63, 3.8) is 0 Å². The summed E-state index contributed by atoms with van der Waals surface area (Å²) in [6.07, 6.45) is 2.84. The lowest BCUT2D eigenvalue weighted by Gasteiger charge is -2.35. The highest BCUT2D eigenvalue weighted by Gasteiger charge is 2.35. The summed E-state index contributed by atoms with van der Waals surface area (Å²) in [6, 6.07) is 15.5. The van der Waals surface area contributed by atoms with E-state index >= 15 is 0 Å². The fourth-order valence-corrected chi connectivity index (χ4v) is 5.20. The van der Waals surface area contributed by atoms with Gasteiger partial charge in [-0.3, -0.25) is 4.79 Å². The normalized spacial score (nSPS) is 18.0. The van der Waals surface area contributed by atoms with E-state index in [0.29, 0.717) is 19.4 Å². The summed E-state index contributed by atoms with van der Waals surface area (Å²) >= 11 is 0. The van der Waals surface area contributed by atoms with Crippen LogP contribution in [0.25, 0.3) is 11.1 Å². The number of carbonyl (C=O) groups excluding carboxylic acids is 2. The molecule has 2 aromatic carbocycles. The average Bonchev–Trinajstić information content (AvgIpc) is 3.18. The zero-order valence-corrected chi connectivity index (χ0v) is 19.5. The third-order valence-electron chi connectivity index (χ3n) is 6.89. The summed E-state index contributed by atoms with van der Waals surface area (Å²) in [7, 11) is 0. The molecule has 0 spiro atoms. The van der Waals surface area contributed by atoms with Crippen LogP contribution in [-0.2, 0) is 14.3 Å². The zero-order chi connectivity index (χ0) is 24.1. The van der Waals surface area contributed by atoms with Crippen molar-refractivity contribution in [2.75, 3.05) is 19.7 Å². The second-order valence-corrected chi connectivity index (χ2v) is 9.07. The molecule has 2 aromatic rings. The van der Waals surface area contributed by atoms with Crippen molar-refractivity contribution in [1.29, 1.82) is 0 Å². The first-order valence-electron chi connectivity index (χ1n) is 12.1. The molecule has 0 aromatic heterocycles. The van der Waals surface area contributed by atoms with Crippen LogP contribution >= 0.6 is 0 Å². The summed E-state index contributed by atoms with van der Waals surface area (Å²) < 4.78 is 5.58. The molecule has 2 amide bonds. The first kappa shape index (κ1) is 23.8. The van der Waals surface area contributed by atoms with Gasteiger partial charge in [-0.1, -0.05) is 61.9 Å². The van der Waals surface area contributed by atoms with Crippen LogP contribution in [0.4, 0.5) is 4.79 Å². The van der Waals surface area contributed by atoms with E-state index in [4.69, 9.17) is 4.74 Å². The van der Waals surface area contributed by atoms with Crippen LogP contribution in [-0.4, -0.2) is 53.7 Å². The molecule has 2 atom stereocenters. The molecule has 4 rings (SSSR count). The van der Waals surface area contributed by atoms with Crippen molar-refractivity contribution in [1.82, 2.24) is 10.2 Å². The molecule has 34 heavy (non-hydrogen) atoms. The van der Waals surface area contributed by atoms with E-state index in [2.05, 4.69) is 29.6 Å². The SMILES string of the molecule is CCCC(CNC(=O)OCC1c2ccccc2-c2ccccc21)C(=O)N1CCCC[C@H]1C(=O)O. The number of amides is 2. The van der Waals surface area contributed by atoms with Gasteiger partial charge in [0.15, 0.2) is 0 Å². The van der Waals surface area contributed by atoms with Crippen molar-refractivity contribution < 1.29 is 24.2 Å². The number of nitrogens with one attached hydrogen (secondary N) is 1. The first-order chi connectivity index (χ1) is 16.5. The van der Waals surface area contributed by atoms with Crippen LogP contribution < -0.4 is 5.32 Å². The molecule has 0 bridgehead atoms. The number of likely N-dealkylation sites (tertiary alicyclic amines) is 1. The highest BCUT2D eigenvalue weighted by atomic mass is 16.5. The Morgan fingerprint density at radius 1 is 1.06 bits per heavy atom. The van der Waals surface area contributed by atoms with Gasteiger partial charge in [0, 0.05) is 19.0 Å². The van der Waals surface area contributed by atoms with Gasteiger partial charge in [0.1, 0.15) is 12.6 Å². The smallest absolute Gasteiger partial charge is 0.407 e. The summed E-state index contributed by atoms with van der Waals surface area (Å²) in [6.45, 7) is 2.76. The Morgan fingerprint density at radius 3 is 2.32 bits per heavy atom. The van der Waals surface area contributed by atoms with Crippen LogP contribution in [0.1, 0.15) is 56.1 Å². The predicted octanol–water partition coefficient (Wildman–Crippen LogP) is 4.41. The second kappa shape index (κ2) is 10.7. The quantitative estimate of drug-likeness (QED) is 0.603. The van der Waals surface area contributed by atoms with Crippen LogP contribution in [0.5, 0.6) is 0 Å². The number of hydrogen-bond donors (Lipinski definition) is 2. The number of nitrogens with zero attached hydrogens (tertiary/aromatic N) is 1. The van der Waals surface area contributed by atoms with Crippen molar-refractivity contribution in [3.05, 3.63) is 59.7 Å². The molecular formula is C27H32N2O5. The number of carboxylic acid groups (broad SMARTS) is 1. The fourth-order valence-electron chi connectivity index (χ4n) is 5.20. The molecule has 1 aliphatic carbocycles.